The van der Waals surface area contributed by atoms with Crippen LogP contribution in [0.5, 0.6) is 5.75 Å². The van der Waals surface area contributed by atoms with Crippen molar-refractivity contribution in [2.24, 2.45) is 9.98 Å². The molecule has 2 rings (SSSR count). The van der Waals surface area contributed by atoms with Gasteiger partial charge < -0.3 is 15.4 Å². The van der Waals surface area contributed by atoms with Gasteiger partial charge in [-0.05, 0) is 67.2 Å². The Labute approximate surface area is 199 Å². The zero-order valence-electron chi connectivity index (χ0n) is 19.4. The number of rotatable bonds is 6. The lowest BCUT2D eigenvalue weighted by Gasteiger charge is -2.14. The van der Waals surface area contributed by atoms with Gasteiger partial charge in [0.2, 0.25) is 5.96 Å². The quantitative estimate of drug-likeness (QED) is 0.239. The van der Waals surface area contributed by atoms with Crippen LogP contribution in [0.4, 0.5) is 5.69 Å². The summed E-state index contributed by atoms with van der Waals surface area (Å²) in [5.41, 5.74) is 1.78. The number of hydrogen-bond acceptors (Lipinski definition) is 2. The first-order valence-electron chi connectivity index (χ1n) is 11.2. The predicted molar refractivity (Wildman–Crippen MR) is 142 cm³/mol. The maximum absolute atomic E-state index is 5.71. The minimum absolute atomic E-state index is 0. The first-order valence-corrected chi connectivity index (χ1v) is 12.0. The Morgan fingerprint density at radius 3 is 2.35 bits per heavy atom. The molecule has 0 atom stereocenters. The molecule has 31 heavy (non-hydrogen) atoms. The fourth-order valence-corrected chi connectivity index (χ4v) is 3.64. The third kappa shape index (κ3) is 12.0. The van der Waals surface area contributed by atoms with Crippen molar-refractivity contribution >= 4 is 33.4 Å². The van der Waals surface area contributed by atoms with Crippen LogP contribution in [0.3, 0.4) is 0 Å². The van der Waals surface area contributed by atoms with Crippen LogP contribution in [0.2, 0.25) is 0 Å². The van der Waals surface area contributed by atoms with Crippen molar-refractivity contribution in [1.82, 2.24) is 5.32 Å². The highest BCUT2D eigenvalue weighted by Gasteiger charge is 2.12. The van der Waals surface area contributed by atoms with E-state index in [-0.39, 0.29) is 7.43 Å². The maximum atomic E-state index is 5.71. The fraction of sp³-hybridized carbons (Fsp3) is 0.600. The highest BCUT2D eigenvalue weighted by atomic mass is 79.9. The van der Waals surface area contributed by atoms with Crippen LogP contribution in [0.15, 0.2) is 44.9 Å². The summed E-state index contributed by atoms with van der Waals surface area (Å²) < 4.78 is 6.63. The minimum Gasteiger partial charge on any atom is -0.492 e. The second-order valence-corrected chi connectivity index (χ2v) is 8.17. The van der Waals surface area contributed by atoms with Crippen LogP contribution >= 0.6 is 15.9 Å². The Morgan fingerprint density at radius 1 is 1.16 bits per heavy atom. The van der Waals surface area contributed by atoms with E-state index in [0.29, 0.717) is 18.6 Å². The molecule has 176 valence electrons. The summed E-state index contributed by atoms with van der Waals surface area (Å²) in [5.74, 6) is 2.25. The summed E-state index contributed by atoms with van der Waals surface area (Å²) in [6, 6.07) is 6.29. The first kappa shape index (κ1) is 29.2. The van der Waals surface area contributed by atoms with E-state index in [0.717, 1.165) is 46.7 Å². The van der Waals surface area contributed by atoms with E-state index in [1.54, 1.807) is 0 Å². The molecular weight excluding hydrogens is 452 g/mol. The van der Waals surface area contributed by atoms with Crippen molar-refractivity contribution in [3.05, 3.63) is 34.9 Å². The number of allylic oxidation sites excluding steroid dienone is 1. The SMILES string of the molecule is C.C=C(C)NC(=NC1CCCCCC1)/N=C(\C)Nc1ccc(OCCC)c(Br)c1.CC. The second-order valence-electron chi connectivity index (χ2n) is 7.32. The van der Waals surface area contributed by atoms with Gasteiger partial charge >= 0.3 is 0 Å². The van der Waals surface area contributed by atoms with Crippen LogP contribution in [0.25, 0.3) is 0 Å². The van der Waals surface area contributed by atoms with Gasteiger partial charge in [0.05, 0.1) is 17.1 Å². The number of halogens is 1. The number of guanidine groups is 1. The molecule has 1 aliphatic rings. The van der Waals surface area contributed by atoms with Gasteiger partial charge in [-0.25, -0.2) is 9.98 Å². The number of amidine groups is 1. The van der Waals surface area contributed by atoms with Gasteiger partial charge in [-0.2, -0.15) is 0 Å². The van der Waals surface area contributed by atoms with E-state index in [2.05, 4.69) is 45.1 Å². The number of nitrogens with one attached hydrogen (secondary N) is 2. The molecule has 1 aromatic carbocycles. The molecule has 1 fully saturated rings. The molecule has 1 aliphatic carbocycles. The van der Waals surface area contributed by atoms with E-state index in [1.165, 1.54) is 25.7 Å². The van der Waals surface area contributed by atoms with Crippen molar-refractivity contribution in [2.45, 2.75) is 93.0 Å². The summed E-state index contributed by atoms with van der Waals surface area (Å²) in [6.07, 6.45) is 8.37. The molecule has 0 spiro atoms. The van der Waals surface area contributed by atoms with Gasteiger partial charge in [-0.1, -0.05) is 60.5 Å². The van der Waals surface area contributed by atoms with Gasteiger partial charge in [-0.15, -0.1) is 0 Å². The topological polar surface area (TPSA) is 58.0 Å². The van der Waals surface area contributed by atoms with Crippen LogP contribution in [-0.2, 0) is 0 Å². The van der Waals surface area contributed by atoms with Gasteiger partial charge in [-0.3, -0.25) is 0 Å². The Kier molecular flexibility index (Phi) is 15.8. The molecule has 0 heterocycles. The molecule has 0 aliphatic heterocycles. The Hall–Kier alpha value is -1.82. The predicted octanol–water partition coefficient (Wildman–Crippen LogP) is 7.93. The number of benzene rings is 1. The zero-order valence-corrected chi connectivity index (χ0v) is 20.9. The number of anilines is 1. The molecule has 0 bridgehead atoms. The molecule has 0 aromatic heterocycles. The molecule has 0 saturated heterocycles. The largest absolute Gasteiger partial charge is 0.492 e. The number of nitrogens with zero attached hydrogens (tertiary/aromatic N) is 2. The van der Waals surface area contributed by atoms with Gasteiger partial charge in [0.1, 0.15) is 11.6 Å². The zero-order chi connectivity index (χ0) is 22.4. The smallest absolute Gasteiger partial charge is 0.224 e. The molecule has 1 saturated carbocycles. The van der Waals surface area contributed by atoms with Gasteiger partial charge in [0.25, 0.3) is 0 Å². The second kappa shape index (κ2) is 16.8. The lowest BCUT2D eigenvalue weighted by molar-refractivity contribution is 0.315. The van der Waals surface area contributed by atoms with Crippen LogP contribution in [0.1, 0.15) is 87.0 Å². The van der Waals surface area contributed by atoms with Crippen molar-refractivity contribution in [3.63, 3.8) is 0 Å². The van der Waals surface area contributed by atoms with Gasteiger partial charge in [0.15, 0.2) is 0 Å². The number of aliphatic imine (C=N–C) groups is 2. The standard InChI is InChI=1S/C22H33BrN4O.C2H6.CH4/c1-5-14-28-21-13-12-19(15-20(21)23)25-17(4)26-22(24-16(2)3)27-18-10-8-6-7-9-11-18;1-2;/h12-13,15,18H,2,5-11,14H2,1,3-4H3,(H2,24,25,26,27);1-2H3;1H4. The van der Waals surface area contributed by atoms with Crippen molar-refractivity contribution in [3.8, 4) is 5.75 Å². The van der Waals surface area contributed by atoms with E-state index >= 15 is 0 Å². The van der Waals surface area contributed by atoms with Crippen LogP contribution < -0.4 is 15.4 Å². The van der Waals surface area contributed by atoms with Crippen LogP contribution in [-0.4, -0.2) is 24.4 Å². The summed E-state index contributed by atoms with van der Waals surface area (Å²) >= 11 is 3.57. The highest BCUT2D eigenvalue weighted by Crippen LogP contribution is 2.28. The van der Waals surface area contributed by atoms with E-state index in [4.69, 9.17) is 9.73 Å². The molecule has 0 amide bonds. The molecule has 2 N–H and O–H groups in total. The maximum Gasteiger partial charge on any atom is 0.224 e. The molecular formula is C25H43BrN4O. The van der Waals surface area contributed by atoms with E-state index in [1.807, 2.05) is 45.9 Å². The third-order valence-electron chi connectivity index (χ3n) is 4.45. The number of ether oxygens (including phenoxy) is 1. The fourth-order valence-electron chi connectivity index (χ4n) is 3.14. The summed E-state index contributed by atoms with van der Waals surface area (Å²) in [6.45, 7) is 14.6. The third-order valence-corrected chi connectivity index (χ3v) is 5.07. The van der Waals surface area contributed by atoms with Crippen LogP contribution in [0, 0.1) is 0 Å². The van der Waals surface area contributed by atoms with Crippen molar-refractivity contribution in [1.29, 1.82) is 0 Å². The molecule has 0 radical (unpaired) electrons. The minimum atomic E-state index is 0. The van der Waals surface area contributed by atoms with Gasteiger partial charge in [0, 0.05) is 11.4 Å². The Balaban J connectivity index is 0.00000291. The lowest BCUT2D eigenvalue weighted by atomic mass is 10.1. The van der Waals surface area contributed by atoms with E-state index in [9.17, 15) is 0 Å². The lowest BCUT2D eigenvalue weighted by Crippen LogP contribution is -2.24. The van der Waals surface area contributed by atoms with Crippen molar-refractivity contribution in [2.75, 3.05) is 11.9 Å². The average Bonchev–Trinajstić information content (AvgIpc) is 2.97. The molecule has 5 nitrogen and oxygen atoms in total. The molecule has 0 unspecified atom stereocenters. The Morgan fingerprint density at radius 2 is 1.81 bits per heavy atom. The highest BCUT2D eigenvalue weighted by molar-refractivity contribution is 9.10. The summed E-state index contributed by atoms with van der Waals surface area (Å²) in [4.78, 5) is 9.55. The average molecular weight is 496 g/mol. The monoisotopic (exact) mass is 494 g/mol. The summed E-state index contributed by atoms with van der Waals surface area (Å²) in [5, 5.41) is 6.54. The summed E-state index contributed by atoms with van der Waals surface area (Å²) in [7, 11) is 0. The Bertz CT molecular complexity index is 707. The van der Waals surface area contributed by atoms with Crippen molar-refractivity contribution < 1.29 is 4.74 Å². The molecule has 1 aromatic rings. The number of hydrogen-bond donors (Lipinski definition) is 2. The first-order chi connectivity index (χ1) is 14.5. The normalized spacial score (nSPS) is 15.0. The van der Waals surface area contributed by atoms with E-state index < -0.39 is 0 Å². The molecule has 6 heteroatoms.